The molecule has 0 atom stereocenters. The monoisotopic (exact) mass is 1080 g/mol. The molecule has 6 nitrogen and oxygen atoms in total. The van der Waals surface area contributed by atoms with E-state index in [2.05, 4.69) is 127 Å². The van der Waals surface area contributed by atoms with Crippen molar-refractivity contribution in [2.75, 3.05) is 9.80 Å². The summed E-state index contributed by atoms with van der Waals surface area (Å²) in [5.74, 6) is -1.68. The van der Waals surface area contributed by atoms with E-state index in [1.54, 1.807) is 24.3 Å². The minimum atomic E-state index is -0.420. The number of carbonyl (C=O) groups excluding carboxylic acids is 4. The normalized spacial score (nSPS) is 14.2. The van der Waals surface area contributed by atoms with Gasteiger partial charge in [0, 0.05) is 35.8 Å². The molecule has 0 fully saturated rings. The van der Waals surface area contributed by atoms with Gasteiger partial charge in [-0.2, -0.15) is 0 Å². The Morgan fingerprint density at radius 1 is 0.372 bits per heavy atom. The van der Waals surface area contributed by atoms with Crippen LogP contribution in [0.3, 0.4) is 0 Å². The van der Waals surface area contributed by atoms with Crippen molar-refractivity contribution >= 4 is 162 Å². The zero-order valence-electron chi connectivity index (χ0n) is 20.9. The number of amides is 4. The predicted octanol–water partition coefficient (Wildman–Crippen LogP) is 11.0. The third-order valence-electron chi connectivity index (χ3n) is 7.00. The summed E-state index contributed by atoms with van der Waals surface area (Å²) < 4.78 is 4.53. The van der Waals surface area contributed by atoms with Crippen LogP contribution in [0.15, 0.2) is 84.3 Å². The lowest BCUT2D eigenvalue weighted by atomic mass is 10.0. The van der Waals surface area contributed by atoms with Crippen LogP contribution in [0.5, 0.6) is 0 Å². The maximum Gasteiger partial charge on any atom is 0.267 e. The Kier molecular flexibility index (Phi) is 8.90. The summed E-state index contributed by atoms with van der Waals surface area (Å²) in [4.78, 5) is 55.5. The highest BCUT2D eigenvalue weighted by Crippen LogP contribution is 2.47. The summed E-state index contributed by atoms with van der Waals surface area (Å²) in [5, 5.41) is 0. The molecule has 4 amide bonds. The Morgan fingerprint density at radius 2 is 0.605 bits per heavy atom. The fourth-order valence-corrected chi connectivity index (χ4v) is 9.84. The van der Waals surface area contributed by atoms with E-state index in [9.17, 15) is 19.2 Å². The van der Waals surface area contributed by atoms with Gasteiger partial charge in [-0.05, 0) is 169 Å². The van der Waals surface area contributed by atoms with Gasteiger partial charge in [-0.1, -0.05) is 24.3 Å². The molecule has 0 radical (unpaired) electrons. The summed E-state index contributed by atoms with van der Waals surface area (Å²) in [7, 11) is 0. The molecule has 0 aliphatic carbocycles. The van der Waals surface area contributed by atoms with Crippen molar-refractivity contribution in [3.63, 3.8) is 0 Å². The van der Waals surface area contributed by atoms with Crippen molar-refractivity contribution < 1.29 is 19.2 Å². The van der Waals surface area contributed by atoms with Crippen molar-refractivity contribution in [1.82, 2.24) is 0 Å². The predicted molar refractivity (Wildman–Crippen MR) is 192 cm³/mol. The first-order chi connectivity index (χ1) is 20.3. The highest BCUT2D eigenvalue weighted by molar-refractivity contribution is 9.15. The number of fused-ring (bicyclic) bond motifs is 2. The summed E-state index contributed by atoms with van der Waals surface area (Å²) in [5.41, 5.74) is 3.95. The van der Waals surface area contributed by atoms with Crippen LogP contribution in [0, 0.1) is 0 Å². The van der Waals surface area contributed by atoms with Gasteiger partial charge in [-0.15, -0.1) is 0 Å². The number of hydrogen-bond acceptors (Lipinski definition) is 4. The number of imide groups is 2. The van der Waals surface area contributed by atoms with Crippen LogP contribution in [0.25, 0.3) is 0 Å². The topological polar surface area (TPSA) is 74.8 Å². The second-order valence-electron chi connectivity index (χ2n) is 9.41. The molecule has 0 saturated carbocycles. The largest absolute Gasteiger partial charge is 0.268 e. The van der Waals surface area contributed by atoms with Crippen LogP contribution in [-0.2, 0) is 6.42 Å². The van der Waals surface area contributed by atoms with Gasteiger partial charge in [0.25, 0.3) is 23.6 Å². The van der Waals surface area contributed by atoms with Crippen LogP contribution in [0.4, 0.5) is 11.4 Å². The van der Waals surface area contributed by atoms with E-state index >= 15 is 0 Å². The molecule has 43 heavy (non-hydrogen) atoms. The Morgan fingerprint density at radius 3 is 0.837 bits per heavy atom. The minimum Gasteiger partial charge on any atom is -0.268 e. The lowest BCUT2D eigenvalue weighted by molar-refractivity contribution is 0.0910. The van der Waals surface area contributed by atoms with Crippen LogP contribution in [0.1, 0.15) is 52.6 Å². The third-order valence-corrected chi connectivity index (χ3v) is 16.5. The molecule has 0 unspecified atom stereocenters. The van der Waals surface area contributed by atoms with Gasteiger partial charge >= 0.3 is 0 Å². The van der Waals surface area contributed by atoms with Gasteiger partial charge in [-0.3, -0.25) is 19.2 Å². The van der Waals surface area contributed by atoms with E-state index in [0.717, 1.165) is 20.9 Å². The van der Waals surface area contributed by atoms with Crippen molar-refractivity contribution in [2.45, 2.75) is 6.42 Å². The number of anilines is 2. The number of benzene rings is 4. The molecule has 0 N–H and O–H groups in total. The number of carbonyl (C=O) groups is 4. The number of nitrogens with zero attached hydrogens (tertiary/aromatic N) is 2. The lowest BCUT2D eigenvalue weighted by Gasteiger charge is -2.15. The SMILES string of the molecule is O=C1c2c(Br)c(Br)c(Br)c(Br)c2C(=O)N1c1ccc(Cc2ccc(N3C(=O)c4c(Br)c(Br)c(Br)c(Br)c4C3=O)cc2)cc1. The first kappa shape index (κ1) is 32.0. The maximum atomic E-state index is 13.3. The van der Waals surface area contributed by atoms with Gasteiger partial charge in [0.2, 0.25) is 0 Å². The quantitative estimate of drug-likeness (QED) is 0.116. The zero-order chi connectivity index (χ0) is 31.1. The maximum absolute atomic E-state index is 13.3. The van der Waals surface area contributed by atoms with E-state index in [4.69, 9.17) is 0 Å². The minimum absolute atomic E-state index is 0.286. The third kappa shape index (κ3) is 5.06. The van der Waals surface area contributed by atoms with Crippen molar-refractivity contribution in [2.24, 2.45) is 0 Å². The molecular weight excluding hydrogens is 1080 g/mol. The molecular formula is C29H10Br8N2O4. The molecule has 4 aromatic carbocycles. The molecule has 0 spiro atoms. The molecule has 2 aliphatic heterocycles. The van der Waals surface area contributed by atoms with E-state index in [1.807, 2.05) is 24.3 Å². The molecule has 14 heteroatoms. The summed E-state index contributed by atoms with van der Waals surface area (Å²) in [6.45, 7) is 0. The van der Waals surface area contributed by atoms with E-state index in [-0.39, 0.29) is 22.3 Å². The molecule has 0 aromatic heterocycles. The second-order valence-corrected chi connectivity index (χ2v) is 15.8. The zero-order valence-corrected chi connectivity index (χ0v) is 33.6. The van der Waals surface area contributed by atoms with Crippen molar-refractivity contribution in [1.29, 1.82) is 0 Å². The Bertz CT molecular complexity index is 1720. The molecule has 216 valence electrons. The number of hydrogen-bond donors (Lipinski definition) is 0. The summed E-state index contributed by atoms with van der Waals surface area (Å²) in [6.07, 6.45) is 0.554. The Labute approximate surface area is 312 Å². The van der Waals surface area contributed by atoms with Crippen LogP contribution < -0.4 is 9.80 Å². The van der Waals surface area contributed by atoms with Crippen LogP contribution in [0.2, 0.25) is 0 Å². The highest BCUT2D eigenvalue weighted by atomic mass is 79.9. The first-order valence-corrected chi connectivity index (χ1v) is 18.4. The second kappa shape index (κ2) is 12.0. The van der Waals surface area contributed by atoms with Gasteiger partial charge in [0.15, 0.2) is 0 Å². The molecule has 0 bridgehead atoms. The first-order valence-electron chi connectivity index (χ1n) is 12.0. The number of halogens is 8. The smallest absolute Gasteiger partial charge is 0.267 e. The molecule has 6 rings (SSSR count). The highest BCUT2D eigenvalue weighted by Gasteiger charge is 2.43. The lowest BCUT2D eigenvalue weighted by Crippen LogP contribution is -2.29. The molecule has 4 aromatic rings. The fraction of sp³-hybridized carbons (Fsp3) is 0.0345. The average molecular weight is 1090 g/mol. The van der Waals surface area contributed by atoms with Gasteiger partial charge in [0.05, 0.1) is 33.6 Å². The Hall–Kier alpha value is -1.00. The molecule has 2 heterocycles. The van der Waals surface area contributed by atoms with Gasteiger partial charge in [-0.25, -0.2) is 9.80 Å². The average Bonchev–Trinajstić information content (AvgIpc) is 3.41. The molecule has 2 aliphatic rings. The summed E-state index contributed by atoms with van der Waals surface area (Å²) in [6, 6.07) is 14.4. The Balaban J connectivity index is 1.22. The van der Waals surface area contributed by atoms with Crippen LogP contribution >= 0.6 is 127 Å². The van der Waals surface area contributed by atoms with Gasteiger partial charge < -0.3 is 0 Å². The van der Waals surface area contributed by atoms with E-state index in [0.29, 0.717) is 53.6 Å². The fourth-order valence-electron chi connectivity index (χ4n) is 4.93. The van der Waals surface area contributed by atoms with Crippen molar-refractivity contribution in [3.05, 3.63) is 118 Å². The van der Waals surface area contributed by atoms with Gasteiger partial charge in [0.1, 0.15) is 0 Å². The summed E-state index contributed by atoms with van der Waals surface area (Å²) >= 11 is 27.5. The standard InChI is InChI=1S/C29H10Br8N2O4/c30-18-14-15(19(31)23(35)22(18)34)27(41)38(26(14)40)12-5-1-10(2-6-12)9-11-3-7-13(8-4-11)39-28(42)16-17(29(39)43)21(33)25(37)24(36)20(16)32/h1-8H,9H2. The van der Waals surface area contributed by atoms with E-state index < -0.39 is 23.6 Å². The van der Waals surface area contributed by atoms with Crippen LogP contribution in [-0.4, -0.2) is 23.6 Å². The molecule has 0 saturated heterocycles. The number of rotatable bonds is 4. The van der Waals surface area contributed by atoms with E-state index in [1.165, 1.54) is 0 Å². The van der Waals surface area contributed by atoms with Crippen molar-refractivity contribution in [3.8, 4) is 0 Å².